The Balaban J connectivity index is 2.37. The van der Waals surface area contributed by atoms with Crippen LogP contribution in [0, 0.1) is 17.3 Å². The highest BCUT2D eigenvalue weighted by atomic mass is 16.4. The molecule has 1 fully saturated rings. The van der Waals surface area contributed by atoms with E-state index in [1.807, 2.05) is 13.8 Å². The molecule has 0 atom stereocenters. The number of carbonyl (C=O) groups is 1. The summed E-state index contributed by atoms with van der Waals surface area (Å²) in [7, 11) is 0. The van der Waals surface area contributed by atoms with Crippen LogP contribution in [0.1, 0.15) is 53.4 Å². The Morgan fingerprint density at radius 3 is 2.24 bits per heavy atom. The predicted molar refractivity (Wildman–Crippen MR) is 70.0 cm³/mol. The topological polar surface area (TPSA) is 49.3 Å². The molecule has 0 spiro atoms. The smallest absolute Gasteiger partial charge is 0.310 e. The highest BCUT2D eigenvalue weighted by Crippen LogP contribution is 2.34. The van der Waals surface area contributed by atoms with E-state index < -0.39 is 11.4 Å². The zero-order valence-electron chi connectivity index (χ0n) is 11.6. The third-order valence-electron chi connectivity index (χ3n) is 4.65. The molecule has 17 heavy (non-hydrogen) atoms. The van der Waals surface area contributed by atoms with Gasteiger partial charge in [0.1, 0.15) is 0 Å². The highest BCUT2D eigenvalue weighted by Gasteiger charge is 2.37. The van der Waals surface area contributed by atoms with Crippen LogP contribution in [0.25, 0.3) is 0 Å². The Morgan fingerprint density at radius 1 is 1.35 bits per heavy atom. The number of carboxylic acids is 1. The molecule has 3 nitrogen and oxygen atoms in total. The van der Waals surface area contributed by atoms with Gasteiger partial charge in [-0.2, -0.15) is 0 Å². The summed E-state index contributed by atoms with van der Waals surface area (Å²) in [5, 5.41) is 12.8. The molecule has 100 valence electrons. The standard InChI is InChI=1S/C14H27NO2/c1-5-14(6-2,13(16)17)9-15-12-7-11(8-12)10(3)4/h10-12,15H,5-9H2,1-4H3,(H,16,17). The fourth-order valence-electron chi connectivity index (χ4n) is 2.59. The second-order valence-corrected chi connectivity index (χ2v) is 5.85. The predicted octanol–water partition coefficient (Wildman–Crippen LogP) is 2.90. The maximum absolute atomic E-state index is 11.3. The summed E-state index contributed by atoms with van der Waals surface area (Å²) in [5.41, 5.74) is -0.567. The minimum atomic E-state index is -0.658. The molecule has 1 aliphatic carbocycles. The first-order valence-electron chi connectivity index (χ1n) is 6.92. The third-order valence-corrected chi connectivity index (χ3v) is 4.65. The molecule has 1 saturated carbocycles. The largest absolute Gasteiger partial charge is 0.481 e. The van der Waals surface area contributed by atoms with Gasteiger partial charge in [0.05, 0.1) is 5.41 Å². The molecule has 0 saturated heterocycles. The van der Waals surface area contributed by atoms with Crippen LogP contribution >= 0.6 is 0 Å². The van der Waals surface area contributed by atoms with Crippen LogP contribution < -0.4 is 5.32 Å². The lowest BCUT2D eigenvalue weighted by Crippen LogP contribution is -2.49. The summed E-state index contributed by atoms with van der Waals surface area (Å²) < 4.78 is 0. The van der Waals surface area contributed by atoms with Crippen molar-refractivity contribution in [2.75, 3.05) is 6.54 Å². The SMILES string of the molecule is CCC(CC)(CNC1CC(C(C)C)C1)C(=O)O. The molecule has 0 aromatic rings. The summed E-state index contributed by atoms with van der Waals surface area (Å²) in [4.78, 5) is 11.3. The fraction of sp³-hybridized carbons (Fsp3) is 0.929. The van der Waals surface area contributed by atoms with Gasteiger partial charge < -0.3 is 10.4 Å². The number of carboxylic acid groups (broad SMARTS) is 1. The second kappa shape index (κ2) is 5.85. The van der Waals surface area contributed by atoms with E-state index in [9.17, 15) is 9.90 Å². The Kier molecular flexibility index (Phi) is 4.99. The van der Waals surface area contributed by atoms with Crippen molar-refractivity contribution in [1.82, 2.24) is 5.32 Å². The zero-order valence-corrected chi connectivity index (χ0v) is 11.6. The monoisotopic (exact) mass is 241 g/mol. The molecule has 0 aliphatic heterocycles. The van der Waals surface area contributed by atoms with Gasteiger partial charge in [0, 0.05) is 12.6 Å². The van der Waals surface area contributed by atoms with E-state index in [2.05, 4.69) is 19.2 Å². The Bertz CT molecular complexity index is 253. The first-order valence-corrected chi connectivity index (χ1v) is 6.92. The van der Waals surface area contributed by atoms with E-state index in [4.69, 9.17) is 0 Å². The van der Waals surface area contributed by atoms with E-state index in [0.29, 0.717) is 25.4 Å². The van der Waals surface area contributed by atoms with Gasteiger partial charge >= 0.3 is 5.97 Å². The van der Waals surface area contributed by atoms with Crippen molar-refractivity contribution in [2.45, 2.75) is 59.4 Å². The number of rotatable bonds is 7. The lowest BCUT2D eigenvalue weighted by atomic mass is 9.73. The van der Waals surface area contributed by atoms with Gasteiger partial charge in [0.25, 0.3) is 0 Å². The van der Waals surface area contributed by atoms with Gasteiger partial charge in [-0.15, -0.1) is 0 Å². The molecule has 0 heterocycles. The molecule has 3 heteroatoms. The maximum atomic E-state index is 11.3. The molecule has 1 rings (SSSR count). The average molecular weight is 241 g/mol. The van der Waals surface area contributed by atoms with E-state index in [0.717, 1.165) is 11.8 Å². The molecule has 0 aromatic heterocycles. The summed E-state index contributed by atoms with van der Waals surface area (Å²) in [6.45, 7) is 9.08. The minimum Gasteiger partial charge on any atom is -0.481 e. The van der Waals surface area contributed by atoms with Crippen molar-refractivity contribution in [2.24, 2.45) is 17.3 Å². The van der Waals surface area contributed by atoms with E-state index >= 15 is 0 Å². The van der Waals surface area contributed by atoms with Gasteiger partial charge in [-0.25, -0.2) is 0 Å². The number of hydrogen-bond acceptors (Lipinski definition) is 2. The van der Waals surface area contributed by atoms with Crippen molar-refractivity contribution >= 4 is 5.97 Å². The van der Waals surface area contributed by atoms with Crippen molar-refractivity contribution in [1.29, 1.82) is 0 Å². The zero-order chi connectivity index (χ0) is 13.1. The molecule has 0 unspecified atom stereocenters. The van der Waals surface area contributed by atoms with Crippen LogP contribution in [0.2, 0.25) is 0 Å². The lowest BCUT2D eigenvalue weighted by molar-refractivity contribution is -0.149. The fourth-order valence-corrected chi connectivity index (χ4v) is 2.59. The first kappa shape index (κ1) is 14.5. The molecule has 2 N–H and O–H groups in total. The van der Waals surface area contributed by atoms with Crippen molar-refractivity contribution < 1.29 is 9.90 Å². The first-order chi connectivity index (χ1) is 7.95. The van der Waals surface area contributed by atoms with Crippen molar-refractivity contribution in [3.63, 3.8) is 0 Å². The van der Waals surface area contributed by atoms with Gasteiger partial charge in [-0.3, -0.25) is 4.79 Å². The van der Waals surface area contributed by atoms with Crippen LogP contribution in [0.4, 0.5) is 0 Å². The van der Waals surface area contributed by atoms with Crippen LogP contribution in [0.3, 0.4) is 0 Å². The van der Waals surface area contributed by atoms with E-state index in [1.165, 1.54) is 12.8 Å². The minimum absolute atomic E-state index is 0.541. The molecule has 0 bridgehead atoms. The Labute approximate surface area is 105 Å². The van der Waals surface area contributed by atoms with Crippen LogP contribution in [-0.4, -0.2) is 23.7 Å². The number of hydrogen-bond donors (Lipinski definition) is 2. The quantitative estimate of drug-likeness (QED) is 0.720. The van der Waals surface area contributed by atoms with Crippen LogP contribution in [0.5, 0.6) is 0 Å². The highest BCUT2D eigenvalue weighted by molar-refractivity contribution is 5.74. The molecule has 0 aromatic carbocycles. The third kappa shape index (κ3) is 3.21. The van der Waals surface area contributed by atoms with Crippen molar-refractivity contribution in [3.05, 3.63) is 0 Å². The second-order valence-electron chi connectivity index (χ2n) is 5.85. The van der Waals surface area contributed by atoms with E-state index in [-0.39, 0.29) is 0 Å². The summed E-state index contributed by atoms with van der Waals surface area (Å²) in [6.07, 6.45) is 3.82. The lowest BCUT2D eigenvalue weighted by Gasteiger charge is -2.40. The number of aliphatic carboxylic acids is 1. The summed E-state index contributed by atoms with van der Waals surface area (Å²) >= 11 is 0. The molecular formula is C14H27NO2. The average Bonchev–Trinajstić information content (AvgIpc) is 2.21. The number of nitrogens with one attached hydrogen (secondary N) is 1. The van der Waals surface area contributed by atoms with Gasteiger partial charge in [0.2, 0.25) is 0 Å². The Hall–Kier alpha value is -0.570. The molecular weight excluding hydrogens is 214 g/mol. The van der Waals surface area contributed by atoms with Crippen LogP contribution in [-0.2, 0) is 4.79 Å². The van der Waals surface area contributed by atoms with Gasteiger partial charge in [-0.05, 0) is 37.5 Å². The van der Waals surface area contributed by atoms with Crippen molar-refractivity contribution in [3.8, 4) is 0 Å². The van der Waals surface area contributed by atoms with E-state index in [1.54, 1.807) is 0 Å². The normalized spacial score (nSPS) is 24.8. The van der Waals surface area contributed by atoms with Gasteiger partial charge in [0.15, 0.2) is 0 Å². The van der Waals surface area contributed by atoms with Crippen LogP contribution in [0.15, 0.2) is 0 Å². The molecule has 0 radical (unpaired) electrons. The van der Waals surface area contributed by atoms with Gasteiger partial charge in [-0.1, -0.05) is 27.7 Å². The maximum Gasteiger partial charge on any atom is 0.310 e. The Morgan fingerprint density at radius 2 is 1.88 bits per heavy atom. The summed E-state index contributed by atoms with van der Waals surface area (Å²) in [5.74, 6) is 0.930. The summed E-state index contributed by atoms with van der Waals surface area (Å²) in [6, 6.07) is 0.541. The molecule has 1 aliphatic rings. The molecule has 0 amide bonds.